The second kappa shape index (κ2) is 5.37. The number of nitro groups is 1. The van der Waals surface area contributed by atoms with Gasteiger partial charge in [0.25, 0.3) is 5.69 Å². The molecule has 0 fully saturated rings. The Morgan fingerprint density at radius 3 is 2.44 bits per heavy atom. The van der Waals surface area contributed by atoms with Crippen LogP contribution in [0.15, 0.2) is 29.2 Å². The minimum absolute atomic E-state index is 0.0502. The van der Waals surface area contributed by atoms with Gasteiger partial charge in [0.05, 0.1) is 21.8 Å². The smallest absolute Gasteiger partial charge is 0.258 e. The number of benzene rings is 1. The monoisotopic (exact) mass is 238 g/mol. The predicted octanol–water partition coefficient (Wildman–Crippen LogP) is 2.00. The number of nitriles is 1. The highest BCUT2D eigenvalue weighted by Gasteiger charge is 2.16. The molecule has 1 aromatic carbocycles. The standard InChI is InChI=1S/C10H10N2O3S/c1-2-9(7-11)16(15)10-5-3-8(4-6-10)12(13)14/h3-6,9H,2H2,1H3. The SMILES string of the molecule is CCC(C#N)S(=O)c1ccc([N+](=O)[O-])cc1. The van der Waals surface area contributed by atoms with Crippen LogP contribution in [-0.2, 0) is 10.8 Å². The van der Waals surface area contributed by atoms with E-state index in [-0.39, 0.29) is 5.69 Å². The third-order valence-electron chi connectivity index (χ3n) is 2.05. The van der Waals surface area contributed by atoms with E-state index < -0.39 is 21.0 Å². The molecule has 1 aromatic rings. The molecule has 16 heavy (non-hydrogen) atoms. The second-order valence-electron chi connectivity index (χ2n) is 3.07. The molecular weight excluding hydrogens is 228 g/mol. The number of non-ortho nitro benzene ring substituents is 1. The van der Waals surface area contributed by atoms with Gasteiger partial charge in [0.1, 0.15) is 5.25 Å². The van der Waals surface area contributed by atoms with Crippen LogP contribution < -0.4 is 0 Å². The summed E-state index contributed by atoms with van der Waals surface area (Å²) in [7, 11) is -1.43. The Labute approximate surface area is 95.3 Å². The van der Waals surface area contributed by atoms with Crippen LogP contribution in [0.1, 0.15) is 13.3 Å². The van der Waals surface area contributed by atoms with Gasteiger partial charge in [-0.05, 0) is 18.6 Å². The maximum Gasteiger partial charge on any atom is 0.269 e. The summed E-state index contributed by atoms with van der Waals surface area (Å²) in [4.78, 5) is 10.3. The van der Waals surface area contributed by atoms with Crippen molar-refractivity contribution in [1.29, 1.82) is 5.26 Å². The average molecular weight is 238 g/mol. The molecule has 0 aliphatic heterocycles. The van der Waals surface area contributed by atoms with Crippen molar-refractivity contribution in [1.82, 2.24) is 0 Å². The Kier molecular flexibility index (Phi) is 4.14. The van der Waals surface area contributed by atoms with Crippen molar-refractivity contribution in [2.24, 2.45) is 0 Å². The van der Waals surface area contributed by atoms with E-state index in [0.717, 1.165) is 0 Å². The van der Waals surface area contributed by atoms with Crippen LogP contribution in [0.25, 0.3) is 0 Å². The van der Waals surface area contributed by atoms with Crippen molar-refractivity contribution in [2.45, 2.75) is 23.5 Å². The Morgan fingerprint density at radius 2 is 2.06 bits per heavy atom. The summed E-state index contributed by atoms with van der Waals surface area (Å²) in [5.41, 5.74) is -0.0502. The maximum atomic E-state index is 11.8. The number of hydrogen-bond donors (Lipinski definition) is 0. The van der Waals surface area contributed by atoms with Crippen LogP contribution >= 0.6 is 0 Å². The highest BCUT2D eigenvalue weighted by atomic mass is 32.2. The first-order chi connectivity index (χ1) is 7.60. The van der Waals surface area contributed by atoms with Gasteiger partial charge in [0.2, 0.25) is 0 Å². The summed E-state index contributed by atoms with van der Waals surface area (Å²) >= 11 is 0. The first-order valence-corrected chi connectivity index (χ1v) is 5.86. The van der Waals surface area contributed by atoms with E-state index in [2.05, 4.69) is 0 Å². The van der Waals surface area contributed by atoms with Gasteiger partial charge in [-0.25, -0.2) is 0 Å². The summed E-state index contributed by atoms with van der Waals surface area (Å²) in [5, 5.41) is 18.6. The lowest BCUT2D eigenvalue weighted by atomic mass is 10.3. The molecule has 0 amide bonds. The minimum Gasteiger partial charge on any atom is -0.258 e. The Morgan fingerprint density at radius 1 is 1.50 bits per heavy atom. The summed E-state index contributed by atoms with van der Waals surface area (Å²) in [6.45, 7) is 1.77. The summed E-state index contributed by atoms with van der Waals surface area (Å²) in [5.74, 6) is 0. The average Bonchev–Trinajstić information content (AvgIpc) is 2.30. The molecule has 0 radical (unpaired) electrons. The molecule has 0 saturated carbocycles. The van der Waals surface area contributed by atoms with Gasteiger partial charge in [-0.3, -0.25) is 14.3 Å². The van der Waals surface area contributed by atoms with Gasteiger partial charge in [0.15, 0.2) is 0 Å². The lowest BCUT2D eigenvalue weighted by molar-refractivity contribution is -0.384. The van der Waals surface area contributed by atoms with Crippen LogP contribution in [0.2, 0.25) is 0 Å². The lowest BCUT2D eigenvalue weighted by Crippen LogP contribution is -2.11. The molecule has 0 aliphatic carbocycles. The molecule has 0 aliphatic rings. The van der Waals surface area contributed by atoms with Gasteiger partial charge in [-0.15, -0.1) is 0 Å². The zero-order valence-electron chi connectivity index (χ0n) is 8.62. The summed E-state index contributed by atoms with van der Waals surface area (Å²) in [6.07, 6.45) is 0.486. The molecule has 0 spiro atoms. The van der Waals surface area contributed by atoms with Crippen LogP contribution in [0.4, 0.5) is 5.69 Å². The fraction of sp³-hybridized carbons (Fsp3) is 0.300. The highest BCUT2D eigenvalue weighted by molar-refractivity contribution is 7.86. The van der Waals surface area contributed by atoms with Crippen LogP contribution in [0, 0.1) is 21.4 Å². The van der Waals surface area contributed by atoms with Crippen LogP contribution in [0.5, 0.6) is 0 Å². The van der Waals surface area contributed by atoms with Crippen molar-refractivity contribution >= 4 is 16.5 Å². The van der Waals surface area contributed by atoms with Crippen molar-refractivity contribution in [3.63, 3.8) is 0 Å². The Hall–Kier alpha value is -1.74. The van der Waals surface area contributed by atoms with Crippen molar-refractivity contribution in [3.05, 3.63) is 34.4 Å². The Balaban J connectivity index is 2.94. The van der Waals surface area contributed by atoms with Gasteiger partial charge in [-0.1, -0.05) is 6.92 Å². The van der Waals surface area contributed by atoms with Crippen molar-refractivity contribution < 1.29 is 9.13 Å². The molecule has 2 unspecified atom stereocenters. The van der Waals surface area contributed by atoms with E-state index in [1.807, 2.05) is 6.07 Å². The van der Waals surface area contributed by atoms with Crippen molar-refractivity contribution in [3.8, 4) is 6.07 Å². The molecule has 1 rings (SSSR count). The largest absolute Gasteiger partial charge is 0.269 e. The summed E-state index contributed by atoms with van der Waals surface area (Å²) in [6, 6.07) is 7.38. The van der Waals surface area contributed by atoms with E-state index in [4.69, 9.17) is 5.26 Å². The van der Waals surface area contributed by atoms with E-state index >= 15 is 0 Å². The normalized spacial score (nSPS) is 13.8. The molecule has 0 heterocycles. The molecule has 2 atom stereocenters. The minimum atomic E-state index is -1.43. The highest BCUT2D eigenvalue weighted by Crippen LogP contribution is 2.17. The zero-order chi connectivity index (χ0) is 12.1. The topological polar surface area (TPSA) is 84.0 Å². The fourth-order valence-corrected chi connectivity index (χ4v) is 2.29. The quantitative estimate of drug-likeness (QED) is 0.593. The molecule has 0 saturated heterocycles. The van der Waals surface area contributed by atoms with E-state index in [0.29, 0.717) is 11.3 Å². The van der Waals surface area contributed by atoms with E-state index in [1.54, 1.807) is 6.92 Å². The molecule has 6 heteroatoms. The van der Waals surface area contributed by atoms with E-state index in [1.165, 1.54) is 24.3 Å². The zero-order valence-corrected chi connectivity index (χ0v) is 9.44. The third-order valence-corrected chi connectivity index (χ3v) is 3.75. The summed E-state index contributed by atoms with van der Waals surface area (Å²) < 4.78 is 11.8. The number of hydrogen-bond acceptors (Lipinski definition) is 4. The molecule has 84 valence electrons. The molecule has 0 aromatic heterocycles. The molecule has 0 N–H and O–H groups in total. The third kappa shape index (κ3) is 2.64. The first kappa shape index (κ1) is 12.3. The molecule has 5 nitrogen and oxygen atoms in total. The number of nitro benzene ring substituents is 1. The van der Waals surface area contributed by atoms with Gasteiger partial charge in [-0.2, -0.15) is 5.26 Å². The number of nitrogens with zero attached hydrogens (tertiary/aromatic N) is 2. The van der Waals surface area contributed by atoms with Gasteiger partial charge in [0, 0.05) is 17.0 Å². The molecule has 0 bridgehead atoms. The van der Waals surface area contributed by atoms with Crippen LogP contribution in [0.3, 0.4) is 0 Å². The van der Waals surface area contributed by atoms with Gasteiger partial charge >= 0.3 is 0 Å². The first-order valence-electron chi connectivity index (χ1n) is 4.64. The van der Waals surface area contributed by atoms with Gasteiger partial charge < -0.3 is 0 Å². The Bertz CT molecular complexity index is 450. The van der Waals surface area contributed by atoms with Crippen molar-refractivity contribution in [2.75, 3.05) is 0 Å². The number of rotatable bonds is 4. The predicted molar refractivity (Wildman–Crippen MR) is 59.2 cm³/mol. The second-order valence-corrected chi connectivity index (χ2v) is 4.71. The lowest BCUT2D eigenvalue weighted by Gasteiger charge is -2.05. The fourth-order valence-electron chi connectivity index (χ4n) is 1.16. The molecular formula is C10H10N2O3S. The van der Waals surface area contributed by atoms with E-state index in [9.17, 15) is 14.3 Å². The maximum absolute atomic E-state index is 11.8. The van der Waals surface area contributed by atoms with Crippen LogP contribution in [-0.4, -0.2) is 14.4 Å².